The molecule has 1 aliphatic heterocycles. The second-order valence-corrected chi connectivity index (χ2v) is 6.76. The number of nitrogens with zero attached hydrogens (tertiary/aromatic N) is 5. The van der Waals surface area contributed by atoms with Crippen LogP contribution in [0.4, 0.5) is 0 Å². The van der Waals surface area contributed by atoms with Gasteiger partial charge in [0.2, 0.25) is 5.88 Å². The molecule has 1 atom stereocenters. The number of hydrogen-bond donors (Lipinski definition) is 0. The minimum atomic E-state index is 0.464. The van der Waals surface area contributed by atoms with Crippen molar-refractivity contribution in [3.63, 3.8) is 0 Å². The van der Waals surface area contributed by atoms with Gasteiger partial charge in [0.05, 0.1) is 18.5 Å². The van der Waals surface area contributed by atoms with Gasteiger partial charge in [0.1, 0.15) is 5.15 Å². The maximum absolute atomic E-state index is 5.88. The Labute approximate surface area is 151 Å². The molecule has 3 aromatic rings. The molecule has 3 aromatic heterocycles. The molecule has 1 unspecified atom stereocenters. The fraction of sp³-hybridized carbons (Fsp3) is 0.389. The highest BCUT2D eigenvalue weighted by Gasteiger charge is 2.20. The molecule has 4 heterocycles. The third-order valence-corrected chi connectivity index (χ3v) is 4.96. The summed E-state index contributed by atoms with van der Waals surface area (Å²) >= 11 is 5.87. The van der Waals surface area contributed by atoms with Gasteiger partial charge < -0.3 is 9.64 Å². The zero-order valence-electron chi connectivity index (χ0n) is 14.1. The van der Waals surface area contributed by atoms with Crippen molar-refractivity contribution in [3.05, 3.63) is 41.8 Å². The first-order chi connectivity index (χ1) is 12.2. The molecule has 1 aliphatic rings. The zero-order valence-corrected chi connectivity index (χ0v) is 14.9. The Morgan fingerprint density at radius 3 is 2.88 bits per heavy atom. The Bertz CT molecular complexity index is 864. The fourth-order valence-electron chi connectivity index (χ4n) is 3.30. The molecule has 0 bridgehead atoms. The number of ether oxygens (including phenoxy) is 1. The average Bonchev–Trinajstić information content (AvgIpc) is 3.22. The Morgan fingerprint density at radius 2 is 2.12 bits per heavy atom. The minimum Gasteiger partial charge on any atom is -0.477 e. The lowest BCUT2D eigenvalue weighted by Gasteiger charge is -2.19. The van der Waals surface area contributed by atoms with Crippen molar-refractivity contribution in [3.8, 4) is 17.1 Å². The molecule has 130 valence electrons. The molecule has 0 saturated carbocycles. The Balaban J connectivity index is 1.51. The summed E-state index contributed by atoms with van der Waals surface area (Å²) in [4.78, 5) is 10.9. The van der Waals surface area contributed by atoms with E-state index < -0.39 is 0 Å². The summed E-state index contributed by atoms with van der Waals surface area (Å²) in [6.45, 7) is 1.85. The summed E-state index contributed by atoms with van der Waals surface area (Å²) < 4.78 is 7.66. The highest BCUT2D eigenvalue weighted by atomic mass is 35.5. The van der Waals surface area contributed by atoms with Gasteiger partial charge in [-0.3, -0.25) is 0 Å². The standard InChI is InChI=1S/C18H20ClN5O/c1-23-9-2-3-14(23)8-10-25-18-7-6-17-21-12-15(24(17)22-18)13-4-5-16(19)20-11-13/h4-7,11-12,14H,2-3,8-10H2,1H3. The van der Waals surface area contributed by atoms with Crippen molar-refractivity contribution in [1.82, 2.24) is 24.5 Å². The lowest BCUT2D eigenvalue weighted by Crippen LogP contribution is -2.26. The fourth-order valence-corrected chi connectivity index (χ4v) is 3.41. The van der Waals surface area contributed by atoms with E-state index >= 15 is 0 Å². The van der Waals surface area contributed by atoms with Gasteiger partial charge in [-0.25, -0.2) is 14.5 Å². The van der Waals surface area contributed by atoms with Gasteiger partial charge in [0.25, 0.3) is 0 Å². The predicted molar refractivity (Wildman–Crippen MR) is 97.0 cm³/mol. The van der Waals surface area contributed by atoms with E-state index in [1.807, 2.05) is 18.2 Å². The van der Waals surface area contributed by atoms with Gasteiger partial charge >= 0.3 is 0 Å². The zero-order chi connectivity index (χ0) is 17.2. The van der Waals surface area contributed by atoms with Gasteiger partial charge in [0, 0.05) is 23.9 Å². The number of imidazole rings is 1. The van der Waals surface area contributed by atoms with Gasteiger partial charge in [-0.2, -0.15) is 0 Å². The van der Waals surface area contributed by atoms with Crippen LogP contribution in [-0.2, 0) is 0 Å². The third-order valence-electron chi connectivity index (χ3n) is 4.73. The van der Waals surface area contributed by atoms with Crippen LogP contribution in [0.1, 0.15) is 19.3 Å². The second kappa shape index (κ2) is 6.98. The van der Waals surface area contributed by atoms with Crippen molar-refractivity contribution < 1.29 is 4.74 Å². The first kappa shape index (κ1) is 16.3. The Morgan fingerprint density at radius 1 is 1.20 bits per heavy atom. The molecule has 0 N–H and O–H groups in total. The van der Waals surface area contributed by atoms with E-state index in [0.717, 1.165) is 23.3 Å². The molecule has 1 saturated heterocycles. The third kappa shape index (κ3) is 3.45. The average molecular weight is 358 g/mol. The molecule has 6 nitrogen and oxygen atoms in total. The molecule has 0 aromatic carbocycles. The molecule has 7 heteroatoms. The van der Waals surface area contributed by atoms with Crippen LogP contribution < -0.4 is 4.74 Å². The monoisotopic (exact) mass is 357 g/mol. The normalized spacial score (nSPS) is 18.1. The summed E-state index contributed by atoms with van der Waals surface area (Å²) in [5, 5.41) is 5.04. The van der Waals surface area contributed by atoms with Crippen LogP contribution in [0, 0.1) is 0 Å². The van der Waals surface area contributed by atoms with Crippen molar-refractivity contribution in [1.29, 1.82) is 0 Å². The van der Waals surface area contributed by atoms with E-state index in [1.165, 1.54) is 19.4 Å². The second-order valence-electron chi connectivity index (χ2n) is 6.37. The topological polar surface area (TPSA) is 55.5 Å². The molecule has 25 heavy (non-hydrogen) atoms. The summed E-state index contributed by atoms with van der Waals surface area (Å²) in [5.41, 5.74) is 2.54. The molecular weight excluding hydrogens is 338 g/mol. The molecule has 1 fully saturated rings. The molecule has 0 aliphatic carbocycles. The molecular formula is C18H20ClN5O. The smallest absolute Gasteiger partial charge is 0.231 e. The summed E-state index contributed by atoms with van der Waals surface area (Å²) in [5.74, 6) is 0.606. The highest BCUT2D eigenvalue weighted by molar-refractivity contribution is 6.29. The molecule has 0 amide bonds. The number of halogens is 1. The van der Waals surface area contributed by atoms with Gasteiger partial charge in [0.15, 0.2) is 5.65 Å². The van der Waals surface area contributed by atoms with Crippen LogP contribution in [0.25, 0.3) is 16.9 Å². The van der Waals surface area contributed by atoms with E-state index in [-0.39, 0.29) is 0 Å². The van der Waals surface area contributed by atoms with Crippen LogP contribution in [0.5, 0.6) is 5.88 Å². The van der Waals surface area contributed by atoms with Gasteiger partial charge in [-0.1, -0.05) is 11.6 Å². The van der Waals surface area contributed by atoms with E-state index in [9.17, 15) is 0 Å². The van der Waals surface area contributed by atoms with E-state index in [4.69, 9.17) is 16.3 Å². The van der Waals surface area contributed by atoms with Crippen molar-refractivity contribution in [2.75, 3.05) is 20.2 Å². The lowest BCUT2D eigenvalue weighted by molar-refractivity contribution is 0.227. The van der Waals surface area contributed by atoms with Crippen LogP contribution >= 0.6 is 11.6 Å². The SMILES string of the molecule is CN1CCCC1CCOc1ccc2ncc(-c3ccc(Cl)nc3)n2n1. The Hall–Kier alpha value is -2.18. The van der Waals surface area contributed by atoms with Crippen molar-refractivity contribution in [2.24, 2.45) is 0 Å². The van der Waals surface area contributed by atoms with E-state index in [2.05, 4.69) is 27.0 Å². The first-order valence-corrected chi connectivity index (χ1v) is 8.88. The number of aromatic nitrogens is 4. The minimum absolute atomic E-state index is 0.464. The summed E-state index contributed by atoms with van der Waals surface area (Å²) in [6.07, 6.45) is 7.05. The first-order valence-electron chi connectivity index (χ1n) is 8.50. The van der Waals surface area contributed by atoms with Crippen LogP contribution in [-0.4, -0.2) is 50.7 Å². The molecule has 0 radical (unpaired) electrons. The van der Waals surface area contributed by atoms with Crippen molar-refractivity contribution >= 4 is 17.2 Å². The van der Waals surface area contributed by atoms with Crippen LogP contribution in [0.3, 0.4) is 0 Å². The van der Waals surface area contributed by atoms with E-state index in [0.29, 0.717) is 23.7 Å². The number of rotatable bonds is 5. The van der Waals surface area contributed by atoms with Crippen molar-refractivity contribution in [2.45, 2.75) is 25.3 Å². The quantitative estimate of drug-likeness (QED) is 0.656. The van der Waals surface area contributed by atoms with E-state index in [1.54, 1.807) is 23.0 Å². The largest absolute Gasteiger partial charge is 0.477 e. The molecule has 4 rings (SSSR count). The predicted octanol–water partition coefficient (Wildman–Crippen LogP) is 3.31. The number of hydrogen-bond acceptors (Lipinski definition) is 5. The number of likely N-dealkylation sites (tertiary alicyclic amines) is 1. The molecule has 0 spiro atoms. The van der Waals surface area contributed by atoms with Crippen LogP contribution in [0.15, 0.2) is 36.7 Å². The maximum atomic E-state index is 5.88. The van der Waals surface area contributed by atoms with Gasteiger partial charge in [-0.05, 0) is 51.1 Å². The number of pyridine rings is 1. The van der Waals surface area contributed by atoms with Gasteiger partial charge in [-0.15, -0.1) is 5.10 Å². The summed E-state index contributed by atoms with van der Waals surface area (Å²) in [7, 11) is 2.18. The highest BCUT2D eigenvalue weighted by Crippen LogP contribution is 2.22. The Kier molecular flexibility index (Phi) is 4.55. The lowest BCUT2D eigenvalue weighted by atomic mass is 10.1. The maximum Gasteiger partial charge on any atom is 0.231 e. The number of fused-ring (bicyclic) bond motifs is 1. The van der Waals surface area contributed by atoms with Crippen LogP contribution in [0.2, 0.25) is 5.15 Å². The summed E-state index contributed by atoms with van der Waals surface area (Å²) in [6, 6.07) is 8.06.